The molecule has 0 spiro atoms. The van der Waals surface area contributed by atoms with Crippen molar-refractivity contribution in [2.24, 2.45) is 0 Å². The van der Waals surface area contributed by atoms with Gasteiger partial charge in [0.25, 0.3) is 0 Å². The van der Waals surface area contributed by atoms with Crippen molar-refractivity contribution in [3.63, 3.8) is 0 Å². The van der Waals surface area contributed by atoms with Crippen LogP contribution in [0.3, 0.4) is 0 Å². The third-order valence-electron chi connectivity index (χ3n) is 3.23. The molecule has 5 heteroatoms. The molecular formula is C14H26N2O3. The number of nitrogens with zero attached hydrogens (tertiary/aromatic N) is 1. The number of carbonyl (C=O) groups is 2. The number of likely N-dealkylation sites (tertiary alicyclic amines) is 1. The van der Waals surface area contributed by atoms with Crippen molar-refractivity contribution in [1.82, 2.24) is 10.2 Å². The van der Waals surface area contributed by atoms with Crippen LogP contribution in [0.1, 0.15) is 45.4 Å². The molecule has 1 aliphatic heterocycles. The largest absolute Gasteiger partial charge is 0.381 e. The summed E-state index contributed by atoms with van der Waals surface area (Å²) in [6, 6.07) is 0. The Balaban J connectivity index is 2.04. The summed E-state index contributed by atoms with van der Waals surface area (Å²) >= 11 is 0. The maximum Gasteiger partial charge on any atom is 0.311 e. The fraction of sp³-hybridized carbons (Fsp3) is 0.857. The van der Waals surface area contributed by atoms with E-state index in [0.29, 0.717) is 26.2 Å². The Morgan fingerprint density at radius 2 is 1.79 bits per heavy atom. The van der Waals surface area contributed by atoms with Crippen LogP contribution < -0.4 is 5.32 Å². The van der Waals surface area contributed by atoms with E-state index in [9.17, 15) is 9.59 Å². The van der Waals surface area contributed by atoms with E-state index in [2.05, 4.69) is 12.2 Å². The molecule has 0 atom stereocenters. The Morgan fingerprint density at radius 3 is 2.47 bits per heavy atom. The lowest BCUT2D eigenvalue weighted by molar-refractivity contribution is -0.146. The van der Waals surface area contributed by atoms with Crippen LogP contribution in [0.2, 0.25) is 0 Å². The van der Waals surface area contributed by atoms with Crippen LogP contribution in [0.15, 0.2) is 0 Å². The highest BCUT2D eigenvalue weighted by Crippen LogP contribution is 2.08. The first kappa shape index (κ1) is 16.0. The van der Waals surface area contributed by atoms with Gasteiger partial charge in [-0.05, 0) is 32.1 Å². The van der Waals surface area contributed by atoms with Crippen LogP contribution in [0.25, 0.3) is 0 Å². The Hall–Kier alpha value is -1.10. The molecule has 2 amide bonds. The molecule has 0 aromatic rings. The Bertz CT molecular complexity index is 276. The van der Waals surface area contributed by atoms with Gasteiger partial charge in [-0.2, -0.15) is 0 Å². The van der Waals surface area contributed by atoms with E-state index in [1.807, 2.05) is 0 Å². The molecule has 0 saturated carbocycles. The number of carbonyl (C=O) groups excluding carboxylic acids is 2. The molecule has 110 valence electrons. The number of hydrogen-bond donors (Lipinski definition) is 1. The van der Waals surface area contributed by atoms with Gasteiger partial charge >= 0.3 is 11.8 Å². The number of amides is 2. The molecule has 1 aliphatic rings. The average molecular weight is 270 g/mol. The first-order valence-corrected chi connectivity index (χ1v) is 7.40. The number of rotatable bonds is 7. The van der Waals surface area contributed by atoms with E-state index in [0.717, 1.165) is 45.1 Å². The van der Waals surface area contributed by atoms with Crippen molar-refractivity contribution in [1.29, 1.82) is 0 Å². The van der Waals surface area contributed by atoms with Gasteiger partial charge in [-0.25, -0.2) is 0 Å². The first-order chi connectivity index (χ1) is 9.25. The average Bonchev–Trinajstić information content (AvgIpc) is 2.46. The SMILES string of the molecule is CCCCOCCCNC(=O)C(=O)N1CCCCC1. The van der Waals surface area contributed by atoms with Gasteiger partial charge in [0.1, 0.15) is 0 Å². The van der Waals surface area contributed by atoms with Crippen LogP contribution in [0.5, 0.6) is 0 Å². The summed E-state index contributed by atoms with van der Waals surface area (Å²) in [5, 5.41) is 2.66. The number of hydrogen-bond acceptors (Lipinski definition) is 3. The van der Waals surface area contributed by atoms with Gasteiger partial charge in [0.2, 0.25) is 0 Å². The highest BCUT2D eigenvalue weighted by molar-refractivity contribution is 6.35. The summed E-state index contributed by atoms with van der Waals surface area (Å²) in [6.07, 6.45) is 6.11. The molecule has 0 aliphatic carbocycles. The number of unbranched alkanes of at least 4 members (excludes halogenated alkanes) is 1. The minimum Gasteiger partial charge on any atom is -0.381 e. The maximum atomic E-state index is 11.8. The maximum absolute atomic E-state index is 11.8. The van der Waals surface area contributed by atoms with E-state index in [4.69, 9.17) is 4.74 Å². The van der Waals surface area contributed by atoms with Gasteiger partial charge in [0.15, 0.2) is 0 Å². The molecule has 1 N–H and O–H groups in total. The van der Waals surface area contributed by atoms with Gasteiger partial charge in [-0.1, -0.05) is 13.3 Å². The van der Waals surface area contributed by atoms with Crippen molar-refractivity contribution in [2.75, 3.05) is 32.8 Å². The lowest BCUT2D eigenvalue weighted by atomic mass is 10.1. The van der Waals surface area contributed by atoms with Crippen molar-refractivity contribution in [3.05, 3.63) is 0 Å². The standard InChI is InChI=1S/C14H26N2O3/c1-2-3-11-19-12-7-8-15-13(17)14(18)16-9-5-4-6-10-16/h2-12H2,1H3,(H,15,17). The zero-order chi connectivity index (χ0) is 13.9. The zero-order valence-electron chi connectivity index (χ0n) is 12.0. The molecule has 1 saturated heterocycles. The molecule has 1 rings (SSSR count). The van der Waals surface area contributed by atoms with Gasteiger partial charge < -0.3 is 15.0 Å². The number of ether oxygens (including phenoxy) is 1. The van der Waals surface area contributed by atoms with Crippen molar-refractivity contribution in [3.8, 4) is 0 Å². The molecular weight excluding hydrogens is 244 g/mol. The van der Waals surface area contributed by atoms with Crippen LogP contribution in [-0.4, -0.2) is 49.6 Å². The Labute approximate surface area is 115 Å². The molecule has 1 fully saturated rings. The highest BCUT2D eigenvalue weighted by atomic mass is 16.5. The van der Waals surface area contributed by atoms with Gasteiger partial charge in [-0.15, -0.1) is 0 Å². The molecule has 1 heterocycles. The Kier molecular flexibility index (Phi) is 8.21. The lowest BCUT2D eigenvalue weighted by Gasteiger charge is -2.25. The minimum absolute atomic E-state index is 0.383. The van der Waals surface area contributed by atoms with E-state index >= 15 is 0 Å². The topological polar surface area (TPSA) is 58.6 Å². The monoisotopic (exact) mass is 270 g/mol. The lowest BCUT2D eigenvalue weighted by Crippen LogP contribution is -2.45. The van der Waals surface area contributed by atoms with Crippen molar-refractivity contribution < 1.29 is 14.3 Å². The predicted molar refractivity (Wildman–Crippen MR) is 73.8 cm³/mol. The third kappa shape index (κ3) is 6.57. The van der Waals surface area contributed by atoms with Crippen molar-refractivity contribution >= 4 is 11.8 Å². The molecule has 19 heavy (non-hydrogen) atoms. The van der Waals surface area contributed by atoms with Crippen LogP contribution in [0, 0.1) is 0 Å². The summed E-state index contributed by atoms with van der Waals surface area (Å²) in [5.41, 5.74) is 0. The van der Waals surface area contributed by atoms with E-state index in [1.54, 1.807) is 4.90 Å². The molecule has 0 aromatic heterocycles. The Morgan fingerprint density at radius 1 is 1.11 bits per heavy atom. The minimum atomic E-state index is -0.476. The van der Waals surface area contributed by atoms with E-state index in [-0.39, 0.29) is 5.91 Å². The van der Waals surface area contributed by atoms with Gasteiger partial charge in [0.05, 0.1) is 0 Å². The van der Waals surface area contributed by atoms with Crippen LogP contribution in [-0.2, 0) is 14.3 Å². The second-order valence-corrected chi connectivity index (χ2v) is 4.93. The van der Waals surface area contributed by atoms with Crippen LogP contribution >= 0.6 is 0 Å². The summed E-state index contributed by atoms with van der Waals surface area (Å²) in [5.74, 6) is -0.859. The van der Waals surface area contributed by atoms with Crippen molar-refractivity contribution in [2.45, 2.75) is 45.4 Å². The molecule has 0 radical (unpaired) electrons. The predicted octanol–water partition coefficient (Wildman–Crippen LogP) is 1.32. The van der Waals surface area contributed by atoms with E-state index in [1.165, 1.54) is 0 Å². The quantitative estimate of drug-likeness (QED) is 0.561. The summed E-state index contributed by atoms with van der Waals surface area (Å²) in [4.78, 5) is 25.1. The second-order valence-electron chi connectivity index (χ2n) is 4.93. The molecule has 0 bridgehead atoms. The number of nitrogens with one attached hydrogen (secondary N) is 1. The molecule has 0 unspecified atom stereocenters. The molecule has 5 nitrogen and oxygen atoms in total. The zero-order valence-corrected chi connectivity index (χ0v) is 12.0. The van der Waals surface area contributed by atoms with E-state index < -0.39 is 5.91 Å². The smallest absolute Gasteiger partial charge is 0.311 e. The third-order valence-corrected chi connectivity index (χ3v) is 3.23. The fourth-order valence-corrected chi connectivity index (χ4v) is 2.04. The fourth-order valence-electron chi connectivity index (χ4n) is 2.04. The number of piperidine rings is 1. The van der Waals surface area contributed by atoms with Crippen LogP contribution in [0.4, 0.5) is 0 Å². The summed E-state index contributed by atoms with van der Waals surface area (Å²) in [6.45, 7) is 5.47. The van der Waals surface area contributed by atoms with Gasteiger partial charge in [0, 0.05) is 32.8 Å². The molecule has 0 aromatic carbocycles. The van der Waals surface area contributed by atoms with Gasteiger partial charge in [-0.3, -0.25) is 9.59 Å². The highest BCUT2D eigenvalue weighted by Gasteiger charge is 2.22. The first-order valence-electron chi connectivity index (χ1n) is 7.40. The summed E-state index contributed by atoms with van der Waals surface area (Å²) in [7, 11) is 0. The second kappa shape index (κ2) is 9.78. The normalized spacial score (nSPS) is 15.3. The summed E-state index contributed by atoms with van der Waals surface area (Å²) < 4.78 is 5.39.